The van der Waals surface area contributed by atoms with Gasteiger partial charge in [0.15, 0.2) is 0 Å². The van der Waals surface area contributed by atoms with E-state index >= 15 is 0 Å². The van der Waals surface area contributed by atoms with Crippen LogP contribution in [0.4, 0.5) is 0 Å². The van der Waals surface area contributed by atoms with Crippen molar-refractivity contribution in [3.63, 3.8) is 0 Å². The molecule has 0 aliphatic rings. The summed E-state index contributed by atoms with van der Waals surface area (Å²) in [5.74, 6) is 0.884. The van der Waals surface area contributed by atoms with Gasteiger partial charge in [-0.15, -0.1) is 0 Å². The molecule has 1 N–H and O–H groups in total. The van der Waals surface area contributed by atoms with Gasteiger partial charge in [0.05, 0.1) is 0 Å². The third-order valence-corrected chi connectivity index (χ3v) is 4.20. The van der Waals surface area contributed by atoms with Gasteiger partial charge in [-0.1, -0.05) is 56.1 Å². The Morgan fingerprint density at radius 2 is 1.90 bits per heavy atom. The highest BCUT2D eigenvalue weighted by Gasteiger charge is 2.07. The molecule has 0 aliphatic heterocycles. The summed E-state index contributed by atoms with van der Waals surface area (Å²) in [5, 5.41) is 3.46. The summed E-state index contributed by atoms with van der Waals surface area (Å²) in [6.45, 7) is 3.60. The van der Waals surface area contributed by atoms with E-state index in [1.165, 1.54) is 5.56 Å². The van der Waals surface area contributed by atoms with Crippen molar-refractivity contribution in [3.8, 4) is 5.75 Å². The second-order valence-corrected chi connectivity index (χ2v) is 6.27. The average molecular weight is 399 g/mol. The van der Waals surface area contributed by atoms with Gasteiger partial charge in [-0.2, -0.15) is 0 Å². The van der Waals surface area contributed by atoms with Gasteiger partial charge >= 0.3 is 0 Å². The lowest BCUT2D eigenvalue weighted by Gasteiger charge is -2.16. The predicted molar refractivity (Wildman–Crippen MR) is 90.2 cm³/mol. The molecular formula is C16H17Br2NO. The zero-order valence-electron chi connectivity index (χ0n) is 11.3. The van der Waals surface area contributed by atoms with E-state index in [4.69, 9.17) is 4.74 Å². The number of hydrogen-bond donors (Lipinski definition) is 1. The molecule has 106 valence electrons. The van der Waals surface area contributed by atoms with Crippen molar-refractivity contribution in [1.29, 1.82) is 0 Å². The van der Waals surface area contributed by atoms with E-state index in [1.807, 2.05) is 30.3 Å². The highest BCUT2D eigenvalue weighted by molar-refractivity contribution is 9.10. The maximum absolute atomic E-state index is 5.70. The fourth-order valence-electron chi connectivity index (χ4n) is 1.94. The van der Waals surface area contributed by atoms with Crippen LogP contribution in [0, 0.1) is 0 Å². The van der Waals surface area contributed by atoms with Crippen molar-refractivity contribution in [3.05, 3.63) is 63.0 Å². The molecule has 2 rings (SSSR count). The maximum atomic E-state index is 5.70. The highest BCUT2D eigenvalue weighted by atomic mass is 79.9. The van der Waals surface area contributed by atoms with E-state index in [9.17, 15) is 0 Å². The normalized spacial score (nSPS) is 12.2. The zero-order valence-corrected chi connectivity index (χ0v) is 14.4. The first-order valence-corrected chi connectivity index (χ1v) is 8.11. The minimum Gasteiger partial charge on any atom is -0.492 e. The molecule has 2 aromatic rings. The van der Waals surface area contributed by atoms with Gasteiger partial charge < -0.3 is 10.1 Å². The number of benzene rings is 2. The Morgan fingerprint density at radius 3 is 2.65 bits per heavy atom. The molecule has 0 unspecified atom stereocenters. The van der Waals surface area contributed by atoms with Gasteiger partial charge in [-0.05, 0) is 36.8 Å². The highest BCUT2D eigenvalue weighted by Crippen LogP contribution is 2.22. The summed E-state index contributed by atoms with van der Waals surface area (Å²) in [6, 6.07) is 16.4. The number of rotatable bonds is 6. The molecule has 0 fully saturated rings. The molecule has 0 radical (unpaired) electrons. The van der Waals surface area contributed by atoms with Crippen LogP contribution in [0.2, 0.25) is 0 Å². The lowest BCUT2D eigenvalue weighted by Crippen LogP contribution is -2.24. The van der Waals surface area contributed by atoms with Gasteiger partial charge in [0, 0.05) is 21.5 Å². The van der Waals surface area contributed by atoms with Crippen molar-refractivity contribution < 1.29 is 4.74 Å². The first-order chi connectivity index (χ1) is 9.66. The first kappa shape index (κ1) is 15.5. The van der Waals surface area contributed by atoms with Crippen LogP contribution in [0.15, 0.2) is 57.5 Å². The van der Waals surface area contributed by atoms with Crippen LogP contribution < -0.4 is 10.1 Å². The second-order valence-electron chi connectivity index (χ2n) is 4.50. The molecule has 2 aromatic carbocycles. The lowest BCUT2D eigenvalue weighted by molar-refractivity contribution is 0.307. The monoisotopic (exact) mass is 397 g/mol. The Labute approximate surface area is 136 Å². The Morgan fingerprint density at radius 1 is 1.10 bits per heavy atom. The lowest BCUT2D eigenvalue weighted by atomic mass is 10.1. The molecule has 0 amide bonds. The average Bonchev–Trinajstić information content (AvgIpc) is 2.44. The standard InChI is InChI=1S/C16H17Br2NO/c1-12(15-7-2-3-8-16(15)18)19-9-10-20-14-6-4-5-13(17)11-14/h2-8,11-12,19H,9-10H2,1H3/t12-/m1/s1. The maximum Gasteiger partial charge on any atom is 0.120 e. The van der Waals surface area contributed by atoms with Crippen LogP contribution in [0.5, 0.6) is 5.75 Å². The summed E-state index contributed by atoms with van der Waals surface area (Å²) >= 11 is 7.01. The Kier molecular flexibility index (Phi) is 6.07. The van der Waals surface area contributed by atoms with Gasteiger partial charge in [0.2, 0.25) is 0 Å². The van der Waals surface area contributed by atoms with Crippen molar-refractivity contribution in [1.82, 2.24) is 5.32 Å². The fraction of sp³-hybridized carbons (Fsp3) is 0.250. The molecule has 0 aliphatic carbocycles. The minimum atomic E-state index is 0.289. The van der Waals surface area contributed by atoms with Crippen molar-refractivity contribution >= 4 is 31.9 Å². The summed E-state index contributed by atoms with van der Waals surface area (Å²) in [7, 11) is 0. The molecule has 0 heterocycles. The molecule has 0 aromatic heterocycles. The number of halogens is 2. The smallest absolute Gasteiger partial charge is 0.120 e. The molecule has 0 saturated heterocycles. The molecule has 2 nitrogen and oxygen atoms in total. The topological polar surface area (TPSA) is 21.3 Å². The molecule has 0 bridgehead atoms. The Balaban J connectivity index is 1.77. The summed E-state index contributed by atoms with van der Waals surface area (Å²) < 4.78 is 7.86. The zero-order chi connectivity index (χ0) is 14.4. The quantitative estimate of drug-likeness (QED) is 0.695. The minimum absolute atomic E-state index is 0.289. The number of hydrogen-bond acceptors (Lipinski definition) is 2. The summed E-state index contributed by atoms with van der Waals surface area (Å²) in [6.07, 6.45) is 0. The van der Waals surface area contributed by atoms with E-state index in [1.54, 1.807) is 0 Å². The number of nitrogens with one attached hydrogen (secondary N) is 1. The third-order valence-electron chi connectivity index (χ3n) is 2.99. The van der Waals surface area contributed by atoms with Gasteiger partial charge in [-0.3, -0.25) is 0 Å². The van der Waals surface area contributed by atoms with Crippen LogP contribution in [-0.4, -0.2) is 13.2 Å². The molecular weight excluding hydrogens is 382 g/mol. The van der Waals surface area contributed by atoms with E-state index < -0.39 is 0 Å². The summed E-state index contributed by atoms with van der Waals surface area (Å²) in [5.41, 5.74) is 1.26. The summed E-state index contributed by atoms with van der Waals surface area (Å²) in [4.78, 5) is 0. The van der Waals surface area contributed by atoms with Gasteiger partial charge in [0.25, 0.3) is 0 Å². The van der Waals surface area contributed by atoms with Crippen LogP contribution in [0.3, 0.4) is 0 Å². The Hall–Kier alpha value is -0.840. The third kappa shape index (κ3) is 4.62. The van der Waals surface area contributed by atoms with E-state index in [0.29, 0.717) is 6.61 Å². The first-order valence-electron chi connectivity index (χ1n) is 6.53. The van der Waals surface area contributed by atoms with Crippen LogP contribution in [0.25, 0.3) is 0 Å². The van der Waals surface area contributed by atoms with Crippen LogP contribution in [0.1, 0.15) is 18.5 Å². The molecule has 0 saturated carbocycles. The van der Waals surface area contributed by atoms with Crippen molar-refractivity contribution in [2.24, 2.45) is 0 Å². The van der Waals surface area contributed by atoms with Gasteiger partial charge in [-0.25, -0.2) is 0 Å². The van der Waals surface area contributed by atoms with Gasteiger partial charge in [0.1, 0.15) is 12.4 Å². The fourth-order valence-corrected chi connectivity index (χ4v) is 2.94. The predicted octanol–water partition coefficient (Wildman–Crippen LogP) is 4.94. The molecule has 0 spiro atoms. The van der Waals surface area contributed by atoms with E-state index in [0.717, 1.165) is 21.2 Å². The van der Waals surface area contributed by atoms with Crippen molar-refractivity contribution in [2.75, 3.05) is 13.2 Å². The van der Waals surface area contributed by atoms with E-state index in [2.05, 4.69) is 62.3 Å². The SMILES string of the molecule is C[C@@H](NCCOc1cccc(Br)c1)c1ccccc1Br. The van der Waals surface area contributed by atoms with Crippen molar-refractivity contribution in [2.45, 2.75) is 13.0 Å². The Bertz CT molecular complexity index is 560. The number of ether oxygens (including phenoxy) is 1. The second kappa shape index (κ2) is 7.81. The van der Waals surface area contributed by atoms with Crippen LogP contribution >= 0.6 is 31.9 Å². The molecule has 1 atom stereocenters. The molecule has 4 heteroatoms. The van der Waals surface area contributed by atoms with E-state index in [-0.39, 0.29) is 6.04 Å². The molecule has 20 heavy (non-hydrogen) atoms. The largest absolute Gasteiger partial charge is 0.492 e. The van der Waals surface area contributed by atoms with Crippen LogP contribution in [-0.2, 0) is 0 Å².